The van der Waals surface area contributed by atoms with Crippen LogP contribution in [0.15, 0.2) is 34.7 Å². The fraction of sp³-hybridized carbons (Fsp3) is 0.333. The SMILES string of the molecule is Cc1cc2c(o1)[C@@H]1Cc3c([nH]c4ccccc34)CN1CC2. The van der Waals surface area contributed by atoms with Crippen LogP contribution in [0.4, 0.5) is 0 Å². The molecule has 3 nitrogen and oxygen atoms in total. The maximum absolute atomic E-state index is 6.03. The Morgan fingerprint density at radius 1 is 1.29 bits per heavy atom. The normalized spacial score (nSPS) is 21.1. The molecular formula is C18H18N2O. The highest BCUT2D eigenvalue weighted by molar-refractivity contribution is 5.85. The first-order valence-corrected chi connectivity index (χ1v) is 7.71. The van der Waals surface area contributed by atoms with Crippen molar-refractivity contribution in [1.29, 1.82) is 0 Å². The number of nitrogens with zero attached hydrogens (tertiary/aromatic N) is 1. The highest BCUT2D eigenvalue weighted by Crippen LogP contribution is 2.41. The second kappa shape index (κ2) is 4.01. The Kier molecular flexibility index (Phi) is 2.22. The van der Waals surface area contributed by atoms with E-state index in [1.807, 2.05) is 0 Å². The Hall–Kier alpha value is -2.00. The number of aromatic nitrogens is 1. The Bertz CT molecular complexity index is 842. The van der Waals surface area contributed by atoms with Crippen molar-refractivity contribution in [2.24, 2.45) is 0 Å². The molecule has 2 aliphatic heterocycles. The van der Waals surface area contributed by atoms with Crippen molar-refractivity contribution in [3.8, 4) is 0 Å². The molecule has 1 N–H and O–H groups in total. The van der Waals surface area contributed by atoms with Crippen LogP contribution in [0.2, 0.25) is 0 Å². The molecule has 0 fully saturated rings. The zero-order valence-corrected chi connectivity index (χ0v) is 12.1. The number of hydrogen-bond acceptors (Lipinski definition) is 2. The van der Waals surface area contributed by atoms with E-state index in [0.29, 0.717) is 6.04 Å². The zero-order chi connectivity index (χ0) is 14.0. The van der Waals surface area contributed by atoms with Crippen LogP contribution < -0.4 is 0 Å². The third-order valence-electron chi connectivity index (χ3n) is 5.04. The summed E-state index contributed by atoms with van der Waals surface area (Å²) in [4.78, 5) is 6.16. The van der Waals surface area contributed by atoms with Gasteiger partial charge in [-0.25, -0.2) is 0 Å². The fourth-order valence-electron chi connectivity index (χ4n) is 4.08. The van der Waals surface area contributed by atoms with Crippen LogP contribution in [0, 0.1) is 6.92 Å². The minimum atomic E-state index is 0.411. The lowest BCUT2D eigenvalue weighted by atomic mass is 9.90. The number of rotatable bonds is 0. The van der Waals surface area contributed by atoms with Gasteiger partial charge in [0.15, 0.2) is 0 Å². The van der Waals surface area contributed by atoms with E-state index < -0.39 is 0 Å². The van der Waals surface area contributed by atoms with E-state index in [2.05, 4.69) is 47.1 Å². The second-order valence-corrected chi connectivity index (χ2v) is 6.31. The summed E-state index contributed by atoms with van der Waals surface area (Å²) in [5.41, 5.74) is 5.54. The highest BCUT2D eigenvalue weighted by Gasteiger charge is 2.36. The van der Waals surface area contributed by atoms with Gasteiger partial charge in [0, 0.05) is 29.7 Å². The lowest BCUT2D eigenvalue weighted by molar-refractivity contribution is 0.136. The summed E-state index contributed by atoms with van der Waals surface area (Å²) in [5.74, 6) is 2.25. The molecule has 0 bridgehead atoms. The zero-order valence-electron chi connectivity index (χ0n) is 12.1. The van der Waals surface area contributed by atoms with Crippen molar-refractivity contribution in [3.05, 3.63) is 58.7 Å². The topological polar surface area (TPSA) is 32.2 Å². The summed E-state index contributed by atoms with van der Waals surface area (Å²) < 4.78 is 6.03. The number of H-pyrrole nitrogens is 1. The Morgan fingerprint density at radius 2 is 2.19 bits per heavy atom. The van der Waals surface area contributed by atoms with Crippen LogP contribution in [0.1, 0.15) is 34.4 Å². The van der Waals surface area contributed by atoms with Crippen molar-refractivity contribution in [2.75, 3.05) is 6.54 Å². The minimum absolute atomic E-state index is 0.411. The van der Waals surface area contributed by atoms with Crippen LogP contribution in [-0.2, 0) is 19.4 Å². The van der Waals surface area contributed by atoms with E-state index in [-0.39, 0.29) is 0 Å². The van der Waals surface area contributed by atoms with E-state index >= 15 is 0 Å². The molecule has 0 radical (unpaired) electrons. The first-order chi connectivity index (χ1) is 10.3. The summed E-state index contributed by atoms with van der Waals surface area (Å²) >= 11 is 0. The average molecular weight is 278 g/mol. The van der Waals surface area contributed by atoms with Crippen molar-refractivity contribution < 1.29 is 4.42 Å². The van der Waals surface area contributed by atoms with E-state index in [4.69, 9.17) is 4.42 Å². The monoisotopic (exact) mass is 278 g/mol. The van der Waals surface area contributed by atoms with Crippen LogP contribution >= 0.6 is 0 Å². The summed E-state index contributed by atoms with van der Waals surface area (Å²) in [6, 6.07) is 11.3. The molecule has 0 unspecified atom stereocenters. The smallest absolute Gasteiger partial charge is 0.124 e. The van der Waals surface area contributed by atoms with Gasteiger partial charge in [0.1, 0.15) is 11.5 Å². The molecule has 0 saturated heterocycles. The third kappa shape index (κ3) is 1.58. The molecule has 2 aromatic heterocycles. The van der Waals surface area contributed by atoms with Crippen LogP contribution in [0.25, 0.3) is 10.9 Å². The molecule has 5 rings (SSSR count). The van der Waals surface area contributed by atoms with E-state index in [9.17, 15) is 0 Å². The molecule has 21 heavy (non-hydrogen) atoms. The average Bonchev–Trinajstić information content (AvgIpc) is 3.04. The first-order valence-electron chi connectivity index (χ1n) is 7.71. The number of furan rings is 1. The Labute approximate surface area is 123 Å². The standard InChI is InChI=1S/C18H18N2O/c1-11-8-12-6-7-20-10-16-14(9-17(20)18(12)21-11)13-4-2-3-5-15(13)19-16/h2-5,8,17,19H,6-7,9-10H2,1H3/t17-/m0/s1. The highest BCUT2D eigenvalue weighted by atomic mass is 16.3. The molecule has 1 aromatic carbocycles. The predicted octanol–water partition coefficient (Wildman–Crippen LogP) is 3.72. The molecule has 0 spiro atoms. The largest absolute Gasteiger partial charge is 0.464 e. The second-order valence-electron chi connectivity index (χ2n) is 6.31. The van der Waals surface area contributed by atoms with E-state index in [0.717, 1.165) is 31.7 Å². The number of hydrogen-bond donors (Lipinski definition) is 1. The van der Waals surface area contributed by atoms with Gasteiger partial charge in [0.2, 0.25) is 0 Å². The van der Waals surface area contributed by atoms with Gasteiger partial charge in [-0.1, -0.05) is 18.2 Å². The fourth-order valence-corrected chi connectivity index (χ4v) is 4.08. The van der Waals surface area contributed by atoms with Gasteiger partial charge in [0.25, 0.3) is 0 Å². The quantitative estimate of drug-likeness (QED) is 0.679. The minimum Gasteiger partial charge on any atom is -0.464 e. The molecule has 0 aliphatic carbocycles. The molecule has 1 atom stereocenters. The molecular weight excluding hydrogens is 260 g/mol. The van der Waals surface area contributed by atoms with Gasteiger partial charge in [-0.3, -0.25) is 4.90 Å². The van der Waals surface area contributed by atoms with Gasteiger partial charge in [-0.2, -0.15) is 0 Å². The van der Waals surface area contributed by atoms with Gasteiger partial charge in [-0.15, -0.1) is 0 Å². The van der Waals surface area contributed by atoms with Crippen molar-refractivity contribution >= 4 is 10.9 Å². The van der Waals surface area contributed by atoms with Crippen LogP contribution in [0.3, 0.4) is 0 Å². The summed E-state index contributed by atoms with van der Waals surface area (Å²) in [6.07, 6.45) is 2.16. The molecule has 106 valence electrons. The lowest BCUT2D eigenvalue weighted by Gasteiger charge is -2.38. The number of benzene rings is 1. The summed E-state index contributed by atoms with van der Waals surface area (Å²) in [5, 5.41) is 1.38. The molecule has 3 heteroatoms. The first kappa shape index (κ1) is 11.6. The molecule has 0 amide bonds. The predicted molar refractivity (Wildman–Crippen MR) is 82.3 cm³/mol. The summed E-state index contributed by atoms with van der Waals surface area (Å²) in [7, 11) is 0. The molecule has 2 aliphatic rings. The Balaban J connectivity index is 1.66. The lowest BCUT2D eigenvalue weighted by Crippen LogP contribution is -2.38. The van der Waals surface area contributed by atoms with Crippen molar-refractivity contribution in [2.45, 2.75) is 32.4 Å². The van der Waals surface area contributed by atoms with E-state index in [1.54, 1.807) is 0 Å². The van der Waals surface area contributed by atoms with Gasteiger partial charge >= 0.3 is 0 Å². The number of aryl methyl sites for hydroxylation is 1. The number of para-hydroxylation sites is 1. The van der Waals surface area contributed by atoms with Crippen LogP contribution in [0.5, 0.6) is 0 Å². The Morgan fingerprint density at radius 3 is 3.14 bits per heavy atom. The van der Waals surface area contributed by atoms with E-state index in [1.165, 1.54) is 33.5 Å². The molecule has 3 aromatic rings. The number of fused-ring (bicyclic) bond motifs is 6. The molecule has 0 saturated carbocycles. The van der Waals surface area contributed by atoms with Gasteiger partial charge < -0.3 is 9.40 Å². The number of aromatic amines is 1. The van der Waals surface area contributed by atoms with Crippen molar-refractivity contribution in [1.82, 2.24) is 9.88 Å². The van der Waals surface area contributed by atoms with Gasteiger partial charge in [-0.05, 0) is 43.0 Å². The van der Waals surface area contributed by atoms with Crippen LogP contribution in [-0.4, -0.2) is 16.4 Å². The number of nitrogens with one attached hydrogen (secondary N) is 1. The van der Waals surface area contributed by atoms with Crippen molar-refractivity contribution in [3.63, 3.8) is 0 Å². The summed E-state index contributed by atoms with van der Waals surface area (Å²) in [6.45, 7) is 4.20. The maximum atomic E-state index is 6.03. The maximum Gasteiger partial charge on any atom is 0.124 e. The molecule has 4 heterocycles. The third-order valence-corrected chi connectivity index (χ3v) is 5.04. The van der Waals surface area contributed by atoms with Gasteiger partial charge in [0.05, 0.1) is 6.04 Å².